The number of hydrogen-bond donors (Lipinski definition) is 2. The van der Waals surface area contributed by atoms with Crippen LogP contribution < -0.4 is 11.1 Å². The molecule has 1 aromatic rings. The van der Waals surface area contributed by atoms with Crippen LogP contribution in [0.2, 0.25) is 0 Å². The SMILES string of the molecule is N[C@@H]1CCC[C@H]1CC(=O)NC1CCc2cc(F)ccc21. The predicted molar refractivity (Wildman–Crippen MR) is 75.5 cm³/mol. The minimum Gasteiger partial charge on any atom is -0.349 e. The van der Waals surface area contributed by atoms with Crippen LogP contribution in [0.1, 0.15) is 49.3 Å². The number of fused-ring (bicyclic) bond motifs is 1. The summed E-state index contributed by atoms with van der Waals surface area (Å²) in [6, 6.07) is 5.05. The van der Waals surface area contributed by atoms with E-state index in [9.17, 15) is 9.18 Å². The van der Waals surface area contributed by atoms with Crippen molar-refractivity contribution in [3.8, 4) is 0 Å². The van der Waals surface area contributed by atoms with Crippen LogP contribution in [0.3, 0.4) is 0 Å². The quantitative estimate of drug-likeness (QED) is 0.891. The minimum atomic E-state index is -0.201. The topological polar surface area (TPSA) is 55.1 Å². The zero-order valence-corrected chi connectivity index (χ0v) is 11.6. The first-order chi connectivity index (χ1) is 9.63. The lowest BCUT2D eigenvalue weighted by Crippen LogP contribution is -2.33. The van der Waals surface area contributed by atoms with Gasteiger partial charge in [0.05, 0.1) is 6.04 Å². The molecule has 0 aromatic heterocycles. The maximum atomic E-state index is 13.2. The van der Waals surface area contributed by atoms with Crippen molar-refractivity contribution in [2.45, 2.75) is 50.6 Å². The van der Waals surface area contributed by atoms with E-state index in [2.05, 4.69) is 5.32 Å². The highest BCUT2D eigenvalue weighted by Gasteiger charge is 2.28. The monoisotopic (exact) mass is 276 g/mol. The molecule has 0 saturated heterocycles. The lowest BCUT2D eigenvalue weighted by Gasteiger charge is -2.18. The zero-order valence-electron chi connectivity index (χ0n) is 11.6. The van der Waals surface area contributed by atoms with Gasteiger partial charge in [-0.15, -0.1) is 0 Å². The Morgan fingerprint density at radius 3 is 2.95 bits per heavy atom. The molecule has 0 radical (unpaired) electrons. The normalized spacial score (nSPS) is 28.4. The van der Waals surface area contributed by atoms with Gasteiger partial charge in [-0.05, 0) is 54.9 Å². The fraction of sp³-hybridized carbons (Fsp3) is 0.562. The minimum absolute atomic E-state index is 0.0377. The molecule has 4 heteroatoms. The molecule has 0 aliphatic heterocycles. The van der Waals surface area contributed by atoms with Gasteiger partial charge in [0.25, 0.3) is 0 Å². The van der Waals surface area contributed by atoms with E-state index in [0.29, 0.717) is 12.3 Å². The van der Waals surface area contributed by atoms with Crippen LogP contribution in [0.5, 0.6) is 0 Å². The largest absolute Gasteiger partial charge is 0.349 e. The van der Waals surface area contributed by atoms with Crippen LogP contribution in [0.25, 0.3) is 0 Å². The van der Waals surface area contributed by atoms with E-state index in [0.717, 1.165) is 43.2 Å². The van der Waals surface area contributed by atoms with Gasteiger partial charge in [-0.1, -0.05) is 12.5 Å². The number of rotatable bonds is 3. The Morgan fingerprint density at radius 2 is 2.20 bits per heavy atom. The molecule has 108 valence electrons. The number of nitrogens with two attached hydrogens (primary N) is 1. The Labute approximate surface area is 118 Å². The van der Waals surface area contributed by atoms with Gasteiger partial charge in [-0.25, -0.2) is 4.39 Å². The fourth-order valence-corrected chi connectivity index (χ4v) is 3.55. The highest BCUT2D eigenvalue weighted by Crippen LogP contribution is 2.32. The van der Waals surface area contributed by atoms with Gasteiger partial charge in [0.15, 0.2) is 0 Å². The molecule has 3 atom stereocenters. The Morgan fingerprint density at radius 1 is 1.35 bits per heavy atom. The zero-order chi connectivity index (χ0) is 14.1. The molecule has 1 aromatic carbocycles. The highest BCUT2D eigenvalue weighted by molar-refractivity contribution is 5.77. The van der Waals surface area contributed by atoms with Gasteiger partial charge in [-0.3, -0.25) is 4.79 Å². The van der Waals surface area contributed by atoms with Gasteiger partial charge in [0, 0.05) is 12.5 Å². The highest BCUT2D eigenvalue weighted by atomic mass is 19.1. The lowest BCUT2D eigenvalue weighted by molar-refractivity contribution is -0.122. The van der Waals surface area contributed by atoms with E-state index in [4.69, 9.17) is 5.73 Å². The van der Waals surface area contributed by atoms with Gasteiger partial charge in [0.1, 0.15) is 5.82 Å². The summed E-state index contributed by atoms with van der Waals surface area (Å²) in [4.78, 5) is 12.1. The van der Waals surface area contributed by atoms with Crippen LogP contribution in [-0.2, 0) is 11.2 Å². The van der Waals surface area contributed by atoms with E-state index >= 15 is 0 Å². The molecule has 1 saturated carbocycles. The van der Waals surface area contributed by atoms with E-state index in [-0.39, 0.29) is 23.8 Å². The van der Waals surface area contributed by atoms with E-state index in [1.807, 2.05) is 0 Å². The third-order valence-corrected chi connectivity index (χ3v) is 4.68. The van der Waals surface area contributed by atoms with Crippen molar-refractivity contribution in [3.05, 3.63) is 35.1 Å². The van der Waals surface area contributed by atoms with Gasteiger partial charge >= 0.3 is 0 Å². The molecule has 0 spiro atoms. The molecule has 0 heterocycles. The number of nitrogens with one attached hydrogen (secondary N) is 1. The Kier molecular flexibility index (Phi) is 3.74. The predicted octanol–water partition coefficient (Wildman–Crippen LogP) is 2.45. The maximum Gasteiger partial charge on any atom is 0.220 e. The molecule has 3 N–H and O–H groups in total. The molecule has 3 nitrogen and oxygen atoms in total. The molecule has 3 rings (SSSR count). The first-order valence-electron chi connectivity index (χ1n) is 7.47. The van der Waals surface area contributed by atoms with Crippen molar-refractivity contribution in [1.82, 2.24) is 5.32 Å². The van der Waals surface area contributed by atoms with Crippen molar-refractivity contribution in [1.29, 1.82) is 0 Å². The standard InChI is InChI=1S/C16H21FN2O/c17-12-5-6-13-10(8-12)4-7-15(13)19-16(20)9-11-2-1-3-14(11)18/h5-6,8,11,14-15H,1-4,7,9,18H2,(H,19,20)/t11-,14+,15?/m0/s1. The average Bonchev–Trinajstić information content (AvgIpc) is 2.97. The van der Waals surface area contributed by atoms with E-state index in [1.54, 1.807) is 12.1 Å². The molecule has 20 heavy (non-hydrogen) atoms. The van der Waals surface area contributed by atoms with Crippen molar-refractivity contribution < 1.29 is 9.18 Å². The molecule has 1 amide bonds. The Balaban J connectivity index is 1.61. The number of benzene rings is 1. The van der Waals surface area contributed by atoms with Gasteiger partial charge in [0.2, 0.25) is 5.91 Å². The summed E-state index contributed by atoms with van der Waals surface area (Å²) in [5.41, 5.74) is 8.09. The van der Waals surface area contributed by atoms with E-state index in [1.165, 1.54) is 6.07 Å². The second kappa shape index (κ2) is 5.52. The average molecular weight is 276 g/mol. The van der Waals surface area contributed by atoms with Crippen LogP contribution in [0.4, 0.5) is 4.39 Å². The third kappa shape index (κ3) is 2.70. The van der Waals surface area contributed by atoms with Gasteiger partial charge in [-0.2, -0.15) is 0 Å². The summed E-state index contributed by atoms with van der Waals surface area (Å²) in [6.45, 7) is 0. The summed E-state index contributed by atoms with van der Waals surface area (Å²) in [5, 5.41) is 3.09. The first kappa shape index (κ1) is 13.6. The van der Waals surface area contributed by atoms with Crippen LogP contribution >= 0.6 is 0 Å². The van der Waals surface area contributed by atoms with Crippen LogP contribution in [0, 0.1) is 11.7 Å². The number of carbonyl (C=O) groups excluding carboxylic acids is 1. The van der Waals surface area contributed by atoms with Gasteiger partial charge < -0.3 is 11.1 Å². The summed E-state index contributed by atoms with van der Waals surface area (Å²) < 4.78 is 13.2. The second-order valence-electron chi connectivity index (χ2n) is 6.06. The summed E-state index contributed by atoms with van der Waals surface area (Å²) in [7, 11) is 0. The summed E-state index contributed by atoms with van der Waals surface area (Å²) in [6.07, 6.45) is 5.44. The first-order valence-corrected chi connectivity index (χ1v) is 7.47. The maximum absolute atomic E-state index is 13.2. The number of amides is 1. The number of hydrogen-bond acceptors (Lipinski definition) is 2. The Bertz CT molecular complexity index is 517. The van der Waals surface area contributed by atoms with E-state index < -0.39 is 0 Å². The molecular weight excluding hydrogens is 255 g/mol. The summed E-state index contributed by atoms with van der Waals surface area (Å²) >= 11 is 0. The molecule has 1 unspecified atom stereocenters. The van der Waals surface area contributed by atoms with Crippen LogP contribution in [-0.4, -0.2) is 11.9 Å². The number of aryl methyl sites for hydroxylation is 1. The van der Waals surface area contributed by atoms with Crippen molar-refractivity contribution in [3.63, 3.8) is 0 Å². The summed E-state index contributed by atoms with van der Waals surface area (Å²) in [5.74, 6) is 0.200. The molecular formula is C16H21FN2O. The molecule has 1 fully saturated rings. The molecule has 2 aliphatic rings. The molecule has 2 aliphatic carbocycles. The van der Waals surface area contributed by atoms with Crippen LogP contribution in [0.15, 0.2) is 18.2 Å². The fourth-order valence-electron chi connectivity index (χ4n) is 3.55. The number of halogens is 1. The Hall–Kier alpha value is -1.42. The van der Waals surface area contributed by atoms with Crippen molar-refractivity contribution in [2.75, 3.05) is 0 Å². The van der Waals surface area contributed by atoms with Crippen molar-refractivity contribution in [2.24, 2.45) is 11.7 Å². The lowest BCUT2D eigenvalue weighted by atomic mass is 9.99. The second-order valence-corrected chi connectivity index (χ2v) is 6.06. The van der Waals surface area contributed by atoms with Crippen molar-refractivity contribution >= 4 is 5.91 Å². The molecule has 0 bridgehead atoms. The number of carbonyl (C=O) groups is 1. The smallest absolute Gasteiger partial charge is 0.220 e. The third-order valence-electron chi connectivity index (χ3n) is 4.68.